The standard InChI is InChI=1S/C11H18N2O.2ClH/c1-13-8-11(14)10(12)7-9-5-3-2-4-6-9;;/h2-6,10-11,13-14H,7-8,12H2,1H3;2*1H/t10-,11+;;/m1../s1. The molecule has 0 unspecified atom stereocenters. The summed E-state index contributed by atoms with van der Waals surface area (Å²) >= 11 is 0. The molecule has 0 heterocycles. The summed E-state index contributed by atoms with van der Waals surface area (Å²) in [5.74, 6) is 0. The molecule has 1 aromatic carbocycles. The lowest BCUT2D eigenvalue weighted by atomic mass is 10.0. The Hall–Kier alpha value is -0.320. The van der Waals surface area contributed by atoms with E-state index in [0.717, 1.165) is 5.56 Å². The molecule has 1 rings (SSSR count). The summed E-state index contributed by atoms with van der Waals surface area (Å²) < 4.78 is 0. The third-order valence-electron chi connectivity index (χ3n) is 2.22. The minimum atomic E-state index is -0.486. The van der Waals surface area contributed by atoms with Gasteiger partial charge in [0.05, 0.1) is 6.10 Å². The van der Waals surface area contributed by atoms with Gasteiger partial charge in [-0.3, -0.25) is 0 Å². The lowest BCUT2D eigenvalue weighted by Crippen LogP contribution is -2.42. The predicted molar refractivity (Wildman–Crippen MR) is 72.6 cm³/mol. The predicted octanol–water partition coefficient (Wildman–Crippen LogP) is 0.980. The van der Waals surface area contributed by atoms with Gasteiger partial charge in [-0.15, -0.1) is 24.8 Å². The van der Waals surface area contributed by atoms with Crippen molar-refractivity contribution < 1.29 is 5.11 Å². The average Bonchev–Trinajstić information content (AvgIpc) is 2.19. The third kappa shape index (κ3) is 6.30. The second-order valence-electron chi connectivity index (χ2n) is 3.48. The van der Waals surface area contributed by atoms with Gasteiger partial charge in [0, 0.05) is 12.6 Å². The van der Waals surface area contributed by atoms with Gasteiger partial charge in [0.25, 0.3) is 0 Å². The Morgan fingerprint density at radius 2 is 1.81 bits per heavy atom. The zero-order valence-corrected chi connectivity index (χ0v) is 10.9. The van der Waals surface area contributed by atoms with E-state index >= 15 is 0 Å². The van der Waals surface area contributed by atoms with Gasteiger partial charge in [-0.05, 0) is 19.0 Å². The van der Waals surface area contributed by atoms with Crippen molar-refractivity contribution in [3.05, 3.63) is 35.9 Å². The van der Waals surface area contributed by atoms with Crippen molar-refractivity contribution in [2.24, 2.45) is 5.73 Å². The van der Waals surface area contributed by atoms with Gasteiger partial charge >= 0.3 is 0 Å². The van der Waals surface area contributed by atoms with E-state index in [1.54, 1.807) is 7.05 Å². The van der Waals surface area contributed by atoms with Crippen LogP contribution in [-0.2, 0) is 6.42 Å². The van der Waals surface area contributed by atoms with Crippen LogP contribution in [0.4, 0.5) is 0 Å². The summed E-state index contributed by atoms with van der Waals surface area (Å²) in [6.45, 7) is 0.536. The summed E-state index contributed by atoms with van der Waals surface area (Å²) in [5.41, 5.74) is 7.01. The van der Waals surface area contributed by atoms with Crippen molar-refractivity contribution in [3.63, 3.8) is 0 Å². The van der Waals surface area contributed by atoms with E-state index in [4.69, 9.17) is 5.73 Å². The van der Waals surface area contributed by atoms with E-state index in [0.29, 0.717) is 13.0 Å². The molecule has 2 atom stereocenters. The Kier molecular flexibility index (Phi) is 11.1. The van der Waals surface area contributed by atoms with E-state index in [-0.39, 0.29) is 30.9 Å². The zero-order valence-electron chi connectivity index (χ0n) is 9.30. The molecule has 4 N–H and O–H groups in total. The molecule has 0 aliphatic heterocycles. The molecule has 0 amide bonds. The van der Waals surface area contributed by atoms with Gasteiger partial charge in [0.15, 0.2) is 0 Å². The molecule has 16 heavy (non-hydrogen) atoms. The van der Waals surface area contributed by atoms with E-state index in [9.17, 15) is 5.11 Å². The van der Waals surface area contributed by atoms with Crippen LogP contribution in [-0.4, -0.2) is 30.8 Å². The van der Waals surface area contributed by atoms with Crippen LogP contribution in [0.3, 0.4) is 0 Å². The normalized spacial score (nSPS) is 13.2. The van der Waals surface area contributed by atoms with Gasteiger partial charge in [-0.2, -0.15) is 0 Å². The van der Waals surface area contributed by atoms with E-state index in [1.165, 1.54) is 0 Å². The second kappa shape index (κ2) is 9.87. The minimum Gasteiger partial charge on any atom is -0.390 e. The first-order valence-corrected chi connectivity index (χ1v) is 4.86. The monoisotopic (exact) mass is 266 g/mol. The van der Waals surface area contributed by atoms with Crippen LogP contribution in [0, 0.1) is 0 Å². The fraction of sp³-hybridized carbons (Fsp3) is 0.455. The first kappa shape index (κ1) is 18.1. The molecule has 0 aliphatic carbocycles. The molecule has 94 valence electrons. The SMILES string of the molecule is CNC[C@H](O)[C@H](N)Cc1ccccc1.Cl.Cl. The first-order valence-electron chi connectivity index (χ1n) is 4.86. The van der Waals surface area contributed by atoms with Crippen molar-refractivity contribution in [3.8, 4) is 0 Å². The van der Waals surface area contributed by atoms with Crippen LogP contribution in [0.1, 0.15) is 5.56 Å². The molecule has 0 saturated heterocycles. The average molecular weight is 267 g/mol. The van der Waals surface area contributed by atoms with Gasteiger partial charge in [0.2, 0.25) is 0 Å². The number of halogens is 2. The van der Waals surface area contributed by atoms with Crippen molar-refractivity contribution in [2.45, 2.75) is 18.6 Å². The number of aliphatic hydroxyl groups excluding tert-OH is 1. The molecule has 0 saturated carbocycles. The van der Waals surface area contributed by atoms with Crippen LogP contribution in [0.5, 0.6) is 0 Å². The fourth-order valence-corrected chi connectivity index (χ4v) is 1.38. The number of likely N-dealkylation sites (N-methyl/N-ethyl adjacent to an activating group) is 1. The fourth-order valence-electron chi connectivity index (χ4n) is 1.38. The first-order chi connectivity index (χ1) is 6.74. The molecule has 0 radical (unpaired) electrons. The molecule has 3 nitrogen and oxygen atoms in total. The van der Waals surface area contributed by atoms with Crippen LogP contribution >= 0.6 is 24.8 Å². The topological polar surface area (TPSA) is 58.3 Å². The summed E-state index contributed by atoms with van der Waals surface area (Å²) in [6.07, 6.45) is 0.226. The van der Waals surface area contributed by atoms with Crippen molar-refractivity contribution >= 4 is 24.8 Å². The highest BCUT2D eigenvalue weighted by molar-refractivity contribution is 5.85. The highest BCUT2D eigenvalue weighted by Crippen LogP contribution is 2.03. The van der Waals surface area contributed by atoms with Crippen molar-refractivity contribution in [1.29, 1.82) is 0 Å². The quantitative estimate of drug-likeness (QED) is 0.745. The van der Waals surface area contributed by atoms with Gasteiger partial charge < -0.3 is 16.2 Å². The maximum Gasteiger partial charge on any atom is 0.0818 e. The molecular formula is C11H20Cl2N2O. The number of hydrogen-bond donors (Lipinski definition) is 3. The Morgan fingerprint density at radius 3 is 2.31 bits per heavy atom. The van der Waals surface area contributed by atoms with Crippen molar-refractivity contribution in [2.75, 3.05) is 13.6 Å². The molecule has 0 fully saturated rings. The van der Waals surface area contributed by atoms with Crippen LogP contribution < -0.4 is 11.1 Å². The van der Waals surface area contributed by atoms with E-state index in [1.807, 2.05) is 30.3 Å². The van der Waals surface area contributed by atoms with Gasteiger partial charge in [-0.1, -0.05) is 30.3 Å². The Bertz CT molecular complexity index is 259. The summed E-state index contributed by atoms with van der Waals surface area (Å²) in [4.78, 5) is 0. The van der Waals surface area contributed by atoms with Gasteiger partial charge in [0.1, 0.15) is 0 Å². The molecule has 0 aliphatic rings. The Balaban J connectivity index is 0. The number of aliphatic hydroxyl groups is 1. The number of benzene rings is 1. The second-order valence-corrected chi connectivity index (χ2v) is 3.48. The van der Waals surface area contributed by atoms with Crippen LogP contribution in [0.15, 0.2) is 30.3 Å². The van der Waals surface area contributed by atoms with Crippen molar-refractivity contribution in [1.82, 2.24) is 5.32 Å². The van der Waals surface area contributed by atoms with E-state index < -0.39 is 6.10 Å². The Morgan fingerprint density at radius 1 is 1.25 bits per heavy atom. The lowest BCUT2D eigenvalue weighted by Gasteiger charge is -2.18. The summed E-state index contributed by atoms with van der Waals surface area (Å²) in [7, 11) is 1.80. The number of rotatable bonds is 5. The Labute approximate surface area is 109 Å². The molecule has 0 spiro atoms. The maximum absolute atomic E-state index is 9.59. The minimum absolute atomic E-state index is 0. The van der Waals surface area contributed by atoms with E-state index in [2.05, 4.69) is 5.32 Å². The summed E-state index contributed by atoms with van der Waals surface area (Å²) in [5, 5.41) is 12.5. The number of nitrogens with one attached hydrogen (secondary N) is 1. The smallest absolute Gasteiger partial charge is 0.0818 e. The van der Waals surface area contributed by atoms with Crippen LogP contribution in [0.25, 0.3) is 0 Å². The maximum atomic E-state index is 9.59. The zero-order chi connectivity index (χ0) is 10.4. The number of nitrogens with two attached hydrogens (primary N) is 1. The summed E-state index contributed by atoms with van der Waals surface area (Å²) in [6, 6.07) is 9.76. The highest BCUT2D eigenvalue weighted by atomic mass is 35.5. The molecule has 0 bridgehead atoms. The van der Waals surface area contributed by atoms with Gasteiger partial charge in [-0.25, -0.2) is 0 Å². The molecular weight excluding hydrogens is 247 g/mol. The molecule has 1 aromatic rings. The van der Waals surface area contributed by atoms with Crippen LogP contribution in [0.2, 0.25) is 0 Å². The molecule has 0 aromatic heterocycles. The third-order valence-corrected chi connectivity index (χ3v) is 2.22. The molecule has 5 heteroatoms. The lowest BCUT2D eigenvalue weighted by molar-refractivity contribution is 0.144. The largest absolute Gasteiger partial charge is 0.390 e. The highest BCUT2D eigenvalue weighted by Gasteiger charge is 2.13. The number of hydrogen-bond acceptors (Lipinski definition) is 3.